The summed E-state index contributed by atoms with van der Waals surface area (Å²) in [6.45, 7) is 4.06. The van der Waals surface area contributed by atoms with E-state index in [1.165, 1.54) is 11.3 Å². The fraction of sp³-hybridized carbons (Fsp3) is 0.267. The number of rotatable bonds is 1. The minimum atomic E-state index is 0.100. The van der Waals surface area contributed by atoms with Gasteiger partial charge in [-0.05, 0) is 61.0 Å². The topological polar surface area (TPSA) is 46.3 Å². The highest BCUT2D eigenvalue weighted by atomic mass is 32.1. The Morgan fingerprint density at radius 1 is 1.42 bits per heavy atom. The number of thiophene rings is 1. The van der Waals surface area contributed by atoms with Gasteiger partial charge in [0.25, 0.3) is 5.91 Å². The maximum atomic E-state index is 12.7. The number of fused-ring (bicyclic) bond motifs is 1. The summed E-state index contributed by atoms with van der Waals surface area (Å²) in [7, 11) is 0. The third kappa shape index (κ3) is 1.92. The standard InChI is InChI=1S/C15H16N2OS/c1-9-5-6-19-14(9)15(18)17-10(2)7-11-8-12(16)3-4-13(11)17/h3-6,8,10H,7,16H2,1-2H3. The molecular formula is C15H16N2OS. The molecule has 0 bridgehead atoms. The molecule has 0 spiro atoms. The van der Waals surface area contributed by atoms with Gasteiger partial charge in [0.15, 0.2) is 0 Å². The zero-order valence-corrected chi connectivity index (χ0v) is 11.8. The van der Waals surface area contributed by atoms with Gasteiger partial charge in [-0.15, -0.1) is 11.3 Å². The maximum absolute atomic E-state index is 12.7. The highest BCUT2D eigenvalue weighted by Crippen LogP contribution is 2.35. The van der Waals surface area contributed by atoms with Crippen LogP contribution in [0.5, 0.6) is 0 Å². The lowest BCUT2D eigenvalue weighted by atomic mass is 10.1. The average Bonchev–Trinajstić information content (AvgIpc) is 2.90. The first-order valence-corrected chi connectivity index (χ1v) is 7.22. The summed E-state index contributed by atoms with van der Waals surface area (Å²) < 4.78 is 0. The number of hydrogen-bond acceptors (Lipinski definition) is 3. The highest BCUT2D eigenvalue weighted by molar-refractivity contribution is 7.12. The SMILES string of the molecule is Cc1ccsc1C(=O)N1c2ccc(N)cc2CC1C. The fourth-order valence-corrected chi connectivity index (χ4v) is 3.52. The Kier molecular flexibility index (Phi) is 2.82. The molecule has 3 rings (SSSR count). The zero-order valence-electron chi connectivity index (χ0n) is 11.0. The molecule has 2 heterocycles. The van der Waals surface area contributed by atoms with Crippen LogP contribution in [0, 0.1) is 6.92 Å². The molecule has 1 aromatic heterocycles. The molecule has 0 aliphatic carbocycles. The van der Waals surface area contributed by atoms with Crippen LogP contribution in [0.15, 0.2) is 29.6 Å². The second kappa shape index (κ2) is 4.38. The van der Waals surface area contributed by atoms with Crippen LogP contribution in [-0.2, 0) is 6.42 Å². The predicted molar refractivity (Wildman–Crippen MR) is 79.9 cm³/mol. The second-order valence-electron chi connectivity index (χ2n) is 5.05. The number of aryl methyl sites for hydroxylation is 1. The minimum Gasteiger partial charge on any atom is -0.399 e. The smallest absolute Gasteiger partial charge is 0.268 e. The third-order valence-corrected chi connectivity index (χ3v) is 4.60. The molecule has 0 saturated carbocycles. The van der Waals surface area contributed by atoms with Crippen molar-refractivity contribution in [3.63, 3.8) is 0 Å². The summed E-state index contributed by atoms with van der Waals surface area (Å²) in [5.41, 5.74) is 9.78. The molecule has 0 saturated heterocycles. The van der Waals surface area contributed by atoms with E-state index in [2.05, 4.69) is 6.92 Å². The average molecular weight is 272 g/mol. The van der Waals surface area contributed by atoms with E-state index in [1.807, 2.05) is 41.5 Å². The molecule has 1 unspecified atom stereocenters. The molecule has 19 heavy (non-hydrogen) atoms. The molecule has 4 heteroatoms. The summed E-state index contributed by atoms with van der Waals surface area (Å²) in [4.78, 5) is 15.4. The Bertz CT molecular complexity index is 647. The van der Waals surface area contributed by atoms with E-state index < -0.39 is 0 Å². The molecule has 1 aliphatic rings. The van der Waals surface area contributed by atoms with Gasteiger partial charge in [-0.2, -0.15) is 0 Å². The van der Waals surface area contributed by atoms with Gasteiger partial charge in [0.1, 0.15) is 0 Å². The number of nitrogen functional groups attached to an aromatic ring is 1. The minimum absolute atomic E-state index is 0.100. The molecule has 0 radical (unpaired) electrons. The van der Waals surface area contributed by atoms with E-state index in [9.17, 15) is 4.79 Å². The Balaban J connectivity index is 2.03. The number of amides is 1. The quantitative estimate of drug-likeness (QED) is 0.810. The zero-order chi connectivity index (χ0) is 13.6. The van der Waals surface area contributed by atoms with Gasteiger partial charge in [0.05, 0.1) is 4.88 Å². The van der Waals surface area contributed by atoms with Crippen LogP contribution in [0.3, 0.4) is 0 Å². The Hall–Kier alpha value is -1.81. The largest absolute Gasteiger partial charge is 0.399 e. The van der Waals surface area contributed by atoms with Crippen molar-refractivity contribution in [1.82, 2.24) is 0 Å². The molecule has 3 nitrogen and oxygen atoms in total. The van der Waals surface area contributed by atoms with Crippen LogP contribution in [0.4, 0.5) is 11.4 Å². The van der Waals surface area contributed by atoms with Crippen LogP contribution >= 0.6 is 11.3 Å². The first-order valence-electron chi connectivity index (χ1n) is 6.34. The summed E-state index contributed by atoms with van der Waals surface area (Å²) in [6.07, 6.45) is 0.872. The lowest BCUT2D eigenvalue weighted by Crippen LogP contribution is -2.35. The van der Waals surface area contributed by atoms with E-state index >= 15 is 0 Å². The van der Waals surface area contributed by atoms with E-state index in [-0.39, 0.29) is 11.9 Å². The molecule has 1 aliphatic heterocycles. The fourth-order valence-electron chi connectivity index (χ4n) is 2.66. The Morgan fingerprint density at radius 2 is 2.21 bits per heavy atom. The highest BCUT2D eigenvalue weighted by Gasteiger charge is 2.32. The third-order valence-electron chi connectivity index (χ3n) is 3.59. The van der Waals surface area contributed by atoms with E-state index in [1.54, 1.807) is 0 Å². The van der Waals surface area contributed by atoms with Crippen molar-refractivity contribution in [3.05, 3.63) is 45.6 Å². The van der Waals surface area contributed by atoms with Crippen LogP contribution in [0.25, 0.3) is 0 Å². The number of nitrogens with zero attached hydrogens (tertiary/aromatic N) is 1. The van der Waals surface area contributed by atoms with Crippen molar-refractivity contribution in [2.75, 3.05) is 10.6 Å². The molecule has 98 valence electrons. The molecule has 1 aromatic carbocycles. The number of nitrogens with two attached hydrogens (primary N) is 1. The first kappa shape index (κ1) is 12.2. The van der Waals surface area contributed by atoms with Crippen molar-refractivity contribution < 1.29 is 4.79 Å². The molecule has 2 aromatic rings. The van der Waals surface area contributed by atoms with Gasteiger partial charge in [-0.1, -0.05) is 0 Å². The molecule has 1 amide bonds. The summed E-state index contributed by atoms with van der Waals surface area (Å²) in [6, 6.07) is 7.96. The van der Waals surface area contributed by atoms with Gasteiger partial charge >= 0.3 is 0 Å². The van der Waals surface area contributed by atoms with Crippen LogP contribution in [0.1, 0.15) is 27.7 Å². The van der Waals surface area contributed by atoms with Crippen LogP contribution < -0.4 is 10.6 Å². The number of benzene rings is 1. The van der Waals surface area contributed by atoms with Crippen LogP contribution in [0.2, 0.25) is 0 Å². The van der Waals surface area contributed by atoms with Crippen molar-refractivity contribution in [3.8, 4) is 0 Å². The predicted octanol–water partition coefficient (Wildman–Crippen LogP) is 3.23. The van der Waals surface area contributed by atoms with E-state index in [0.29, 0.717) is 0 Å². The normalized spacial score (nSPS) is 17.6. The molecule has 2 N–H and O–H groups in total. The second-order valence-corrected chi connectivity index (χ2v) is 5.97. The summed E-state index contributed by atoms with van der Waals surface area (Å²) in [5.74, 6) is 0.100. The summed E-state index contributed by atoms with van der Waals surface area (Å²) in [5, 5.41) is 1.97. The van der Waals surface area contributed by atoms with Crippen LogP contribution in [-0.4, -0.2) is 11.9 Å². The van der Waals surface area contributed by atoms with Crippen molar-refractivity contribution in [1.29, 1.82) is 0 Å². The molecule has 1 atom stereocenters. The Labute approximate surface area is 116 Å². The Morgan fingerprint density at radius 3 is 2.89 bits per heavy atom. The maximum Gasteiger partial charge on any atom is 0.268 e. The van der Waals surface area contributed by atoms with Crippen molar-refractivity contribution in [2.24, 2.45) is 0 Å². The lowest BCUT2D eigenvalue weighted by molar-refractivity contribution is 0.0985. The van der Waals surface area contributed by atoms with Crippen molar-refractivity contribution >= 4 is 28.6 Å². The monoisotopic (exact) mass is 272 g/mol. The number of carbonyl (C=O) groups is 1. The van der Waals surface area contributed by atoms with Gasteiger partial charge in [0, 0.05) is 17.4 Å². The van der Waals surface area contributed by atoms with E-state index in [4.69, 9.17) is 5.73 Å². The first-order chi connectivity index (χ1) is 9.08. The lowest BCUT2D eigenvalue weighted by Gasteiger charge is -2.22. The van der Waals surface area contributed by atoms with E-state index in [0.717, 1.165) is 33.8 Å². The molecule has 0 fully saturated rings. The number of hydrogen-bond donors (Lipinski definition) is 1. The van der Waals surface area contributed by atoms with Gasteiger partial charge in [0.2, 0.25) is 0 Å². The molecular weight excluding hydrogens is 256 g/mol. The number of anilines is 2. The van der Waals surface area contributed by atoms with Gasteiger partial charge in [-0.3, -0.25) is 4.79 Å². The number of carbonyl (C=O) groups excluding carboxylic acids is 1. The summed E-state index contributed by atoms with van der Waals surface area (Å²) >= 11 is 1.51. The van der Waals surface area contributed by atoms with Crippen molar-refractivity contribution in [2.45, 2.75) is 26.3 Å². The van der Waals surface area contributed by atoms with Gasteiger partial charge < -0.3 is 10.6 Å². The van der Waals surface area contributed by atoms with Gasteiger partial charge in [-0.25, -0.2) is 0 Å².